The minimum atomic E-state index is -0.262. The summed E-state index contributed by atoms with van der Waals surface area (Å²) in [5, 5.41) is 3.18. The van der Waals surface area contributed by atoms with Crippen LogP contribution in [-0.2, 0) is 20.7 Å². The first-order chi connectivity index (χ1) is 9.16. The fraction of sp³-hybridized carbons (Fsp3) is 0.533. The average Bonchev–Trinajstić information content (AvgIpc) is 2.81. The van der Waals surface area contributed by atoms with Crippen LogP contribution in [0.2, 0.25) is 0 Å². The summed E-state index contributed by atoms with van der Waals surface area (Å²) in [6.45, 7) is 5.66. The number of hydrogen-bond donors (Lipinski definition) is 1. The summed E-state index contributed by atoms with van der Waals surface area (Å²) in [7, 11) is 0. The van der Waals surface area contributed by atoms with E-state index in [1.165, 1.54) is 5.56 Å². The second-order valence-corrected chi connectivity index (χ2v) is 5.19. The molecule has 0 unspecified atom stereocenters. The van der Waals surface area contributed by atoms with Crippen molar-refractivity contribution >= 4 is 11.7 Å². The van der Waals surface area contributed by atoms with Crippen molar-refractivity contribution in [1.29, 1.82) is 0 Å². The van der Waals surface area contributed by atoms with Crippen molar-refractivity contribution < 1.29 is 14.3 Å². The fourth-order valence-corrected chi connectivity index (χ4v) is 2.06. The van der Waals surface area contributed by atoms with Crippen molar-refractivity contribution in [3.63, 3.8) is 0 Å². The highest BCUT2D eigenvalue weighted by atomic mass is 16.6. The predicted molar refractivity (Wildman–Crippen MR) is 74.2 cm³/mol. The number of carbonyl (C=O) groups is 1. The molecular weight excluding hydrogens is 242 g/mol. The molecular formula is C15H21NO3. The standard InChI is InChI=1S/C15H21NO3/c1-11(2)10-18-7-8-19-15(17)14-9-12-5-3-4-6-13(12)16-14/h3-6,11,14,16H,7-10H2,1-2H3/t14-/m0/s1. The van der Waals surface area contributed by atoms with E-state index in [1.54, 1.807) is 0 Å². The van der Waals surface area contributed by atoms with Gasteiger partial charge in [-0.25, -0.2) is 4.79 Å². The number of carbonyl (C=O) groups excluding carboxylic acids is 1. The summed E-state index contributed by atoms with van der Waals surface area (Å²) in [4.78, 5) is 11.9. The van der Waals surface area contributed by atoms with Crippen LogP contribution in [0.5, 0.6) is 0 Å². The largest absolute Gasteiger partial charge is 0.462 e. The van der Waals surface area contributed by atoms with Crippen LogP contribution < -0.4 is 5.32 Å². The Morgan fingerprint density at radius 2 is 2.16 bits per heavy atom. The number of ether oxygens (including phenoxy) is 2. The zero-order chi connectivity index (χ0) is 13.7. The maximum atomic E-state index is 11.9. The third-order valence-corrected chi connectivity index (χ3v) is 2.98. The van der Waals surface area contributed by atoms with Gasteiger partial charge >= 0.3 is 5.97 Å². The second kappa shape index (κ2) is 6.57. The molecule has 0 radical (unpaired) electrons. The van der Waals surface area contributed by atoms with Crippen LogP contribution in [0.3, 0.4) is 0 Å². The number of fused-ring (bicyclic) bond motifs is 1. The van der Waals surface area contributed by atoms with Crippen LogP contribution in [-0.4, -0.2) is 31.8 Å². The topological polar surface area (TPSA) is 47.6 Å². The van der Waals surface area contributed by atoms with Crippen LogP contribution >= 0.6 is 0 Å². The highest BCUT2D eigenvalue weighted by Gasteiger charge is 2.27. The lowest BCUT2D eigenvalue weighted by Gasteiger charge is -2.12. The van der Waals surface area contributed by atoms with Crippen molar-refractivity contribution in [2.24, 2.45) is 5.92 Å². The Bertz CT molecular complexity index is 406. The van der Waals surface area contributed by atoms with Gasteiger partial charge in [0.1, 0.15) is 12.6 Å². The lowest BCUT2D eigenvalue weighted by Crippen LogP contribution is -2.30. The van der Waals surface area contributed by atoms with Crippen molar-refractivity contribution in [3.8, 4) is 0 Å². The number of nitrogens with one attached hydrogen (secondary N) is 1. The molecule has 1 aliphatic rings. The molecule has 0 spiro atoms. The smallest absolute Gasteiger partial charge is 0.328 e. The summed E-state index contributed by atoms with van der Waals surface area (Å²) in [6.07, 6.45) is 0.696. The lowest BCUT2D eigenvalue weighted by atomic mass is 10.1. The fourth-order valence-electron chi connectivity index (χ4n) is 2.06. The molecule has 0 amide bonds. The van der Waals surface area contributed by atoms with Crippen molar-refractivity contribution in [1.82, 2.24) is 0 Å². The summed E-state index contributed by atoms with van der Waals surface area (Å²) in [5.74, 6) is 0.297. The van der Waals surface area contributed by atoms with E-state index in [1.807, 2.05) is 24.3 Å². The monoisotopic (exact) mass is 263 g/mol. The highest BCUT2D eigenvalue weighted by Crippen LogP contribution is 2.25. The van der Waals surface area contributed by atoms with Gasteiger partial charge < -0.3 is 14.8 Å². The van der Waals surface area contributed by atoms with Gasteiger partial charge in [-0.15, -0.1) is 0 Å². The molecule has 19 heavy (non-hydrogen) atoms. The van der Waals surface area contributed by atoms with Crippen molar-refractivity contribution in [2.45, 2.75) is 26.3 Å². The van der Waals surface area contributed by atoms with E-state index < -0.39 is 0 Å². The van der Waals surface area contributed by atoms with Crippen molar-refractivity contribution in [2.75, 3.05) is 25.1 Å². The molecule has 1 N–H and O–H groups in total. The van der Waals surface area contributed by atoms with Crippen molar-refractivity contribution in [3.05, 3.63) is 29.8 Å². The average molecular weight is 263 g/mol. The normalized spacial score (nSPS) is 17.1. The quantitative estimate of drug-likeness (QED) is 0.631. The molecule has 0 saturated carbocycles. The summed E-state index contributed by atoms with van der Waals surface area (Å²) in [6, 6.07) is 7.69. The highest BCUT2D eigenvalue weighted by molar-refractivity contribution is 5.82. The van der Waals surface area contributed by atoms with Gasteiger partial charge in [-0.1, -0.05) is 32.0 Å². The zero-order valence-electron chi connectivity index (χ0n) is 11.5. The number of anilines is 1. The van der Waals surface area contributed by atoms with E-state index in [4.69, 9.17) is 9.47 Å². The molecule has 0 fully saturated rings. The Hall–Kier alpha value is -1.55. The van der Waals surface area contributed by atoms with Gasteiger partial charge in [-0.2, -0.15) is 0 Å². The van der Waals surface area contributed by atoms with Gasteiger partial charge in [0.15, 0.2) is 0 Å². The first kappa shape index (κ1) is 13.9. The second-order valence-electron chi connectivity index (χ2n) is 5.19. The summed E-state index contributed by atoms with van der Waals surface area (Å²) in [5.41, 5.74) is 2.20. The predicted octanol–water partition coefficient (Wildman–Crippen LogP) is 2.24. The third kappa shape index (κ3) is 3.96. The number of esters is 1. The summed E-state index contributed by atoms with van der Waals surface area (Å²) < 4.78 is 10.6. The molecule has 4 nitrogen and oxygen atoms in total. The first-order valence-corrected chi connectivity index (χ1v) is 6.75. The summed E-state index contributed by atoms with van der Waals surface area (Å²) >= 11 is 0. The Morgan fingerprint density at radius 3 is 2.89 bits per heavy atom. The Morgan fingerprint density at radius 1 is 1.37 bits per heavy atom. The zero-order valence-corrected chi connectivity index (χ0v) is 11.5. The number of para-hydroxylation sites is 1. The van der Waals surface area contributed by atoms with Gasteiger partial charge in [0.05, 0.1) is 6.61 Å². The maximum absolute atomic E-state index is 11.9. The Balaban J connectivity index is 1.68. The van der Waals surface area contributed by atoms with Gasteiger partial charge in [-0.05, 0) is 17.5 Å². The molecule has 1 aliphatic heterocycles. The molecule has 4 heteroatoms. The van der Waals surface area contributed by atoms with E-state index in [9.17, 15) is 4.79 Å². The van der Waals surface area contributed by atoms with E-state index >= 15 is 0 Å². The molecule has 1 heterocycles. The minimum Gasteiger partial charge on any atom is -0.462 e. The number of benzene rings is 1. The molecule has 0 bridgehead atoms. The number of hydrogen-bond acceptors (Lipinski definition) is 4. The van der Waals surface area contributed by atoms with Crippen LogP contribution in [0.4, 0.5) is 5.69 Å². The third-order valence-electron chi connectivity index (χ3n) is 2.98. The molecule has 0 saturated heterocycles. The van der Waals surface area contributed by atoms with E-state index in [2.05, 4.69) is 19.2 Å². The number of rotatable bonds is 6. The molecule has 1 aromatic rings. The van der Waals surface area contributed by atoms with E-state index in [0.29, 0.717) is 32.2 Å². The minimum absolute atomic E-state index is 0.204. The lowest BCUT2D eigenvalue weighted by molar-refractivity contribution is -0.146. The van der Waals surface area contributed by atoms with Crippen LogP contribution in [0.15, 0.2) is 24.3 Å². The molecule has 0 aliphatic carbocycles. The SMILES string of the molecule is CC(C)COCCOC(=O)[C@@H]1Cc2ccccc2N1. The molecule has 104 valence electrons. The van der Waals surface area contributed by atoms with Crippen LogP contribution in [0.1, 0.15) is 19.4 Å². The van der Waals surface area contributed by atoms with Gasteiger partial charge in [0.25, 0.3) is 0 Å². The Kier molecular flexibility index (Phi) is 4.80. The Labute approximate surface area is 114 Å². The van der Waals surface area contributed by atoms with Crippen LogP contribution in [0.25, 0.3) is 0 Å². The van der Waals surface area contributed by atoms with Gasteiger partial charge in [0, 0.05) is 18.7 Å². The van der Waals surface area contributed by atoms with E-state index in [-0.39, 0.29) is 12.0 Å². The molecule has 1 aromatic carbocycles. The molecule has 2 rings (SSSR count). The first-order valence-electron chi connectivity index (χ1n) is 6.75. The van der Waals surface area contributed by atoms with Crippen LogP contribution in [0, 0.1) is 5.92 Å². The van der Waals surface area contributed by atoms with Gasteiger partial charge in [-0.3, -0.25) is 0 Å². The molecule has 0 aromatic heterocycles. The van der Waals surface area contributed by atoms with E-state index in [0.717, 1.165) is 5.69 Å². The molecule has 1 atom stereocenters. The maximum Gasteiger partial charge on any atom is 0.328 e. The van der Waals surface area contributed by atoms with Gasteiger partial charge in [0.2, 0.25) is 0 Å².